The van der Waals surface area contributed by atoms with Gasteiger partial charge in [-0.15, -0.1) is 0 Å². The van der Waals surface area contributed by atoms with Crippen LogP contribution in [0, 0.1) is 0 Å². The summed E-state index contributed by atoms with van der Waals surface area (Å²) in [5.41, 5.74) is 1.18. The zero-order valence-corrected chi connectivity index (χ0v) is 12.5. The molecule has 0 bridgehead atoms. The molecule has 108 valence electrons. The molecule has 0 aromatic heterocycles. The molecule has 2 atom stereocenters. The second-order valence-electron chi connectivity index (χ2n) is 5.37. The summed E-state index contributed by atoms with van der Waals surface area (Å²) in [6.07, 6.45) is 0.582. The maximum Gasteiger partial charge on any atom is 0.122 e. The molecular formula is C16H27NO2. The van der Waals surface area contributed by atoms with E-state index in [1.807, 2.05) is 18.2 Å². The van der Waals surface area contributed by atoms with Gasteiger partial charge in [-0.1, -0.05) is 39.0 Å². The molecule has 1 aromatic carbocycles. The molecule has 0 aliphatic carbocycles. The number of aliphatic hydroxyl groups excluding tert-OH is 1. The number of nitrogens with one attached hydrogen (secondary N) is 1. The molecule has 0 spiro atoms. The van der Waals surface area contributed by atoms with Gasteiger partial charge >= 0.3 is 0 Å². The first-order chi connectivity index (χ1) is 9.04. The predicted octanol–water partition coefficient (Wildman–Crippen LogP) is 2.94. The minimum atomic E-state index is -0.478. The van der Waals surface area contributed by atoms with Crippen LogP contribution in [0.3, 0.4) is 0 Å². The molecule has 2 unspecified atom stereocenters. The van der Waals surface area contributed by atoms with Gasteiger partial charge in [0.05, 0.1) is 0 Å². The van der Waals surface area contributed by atoms with Crippen LogP contribution in [0.25, 0.3) is 0 Å². The second kappa shape index (κ2) is 8.18. The van der Waals surface area contributed by atoms with E-state index in [0.29, 0.717) is 25.1 Å². The molecule has 0 amide bonds. The zero-order valence-electron chi connectivity index (χ0n) is 12.5. The lowest BCUT2D eigenvalue weighted by Gasteiger charge is -2.18. The minimum absolute atomic E-state index is 0.327. The Kier molecular flexibility index (Phi) is 6.89. The van der Waals surface area contributed by atoms with Crippen molar-refractivity contribution < 1.29 is 9.84 Å². The molecule has 3 heteroatoms. The SMILES string of the molecule is CCC(C)NCC(O)COc1ccccc1C(C)C. The van der Waals surface area contributed by atoms with Crippen LogP contribution in [0.2, 0.25) is 0 Å². The molecule has 0 aliphatic rings. The van der Waals surface area contributed by atoms with E-state index in [2.05, 4.69) is 39.1 Å². The molecule has 0 aliphatic heterocycles. The lowest BCUT2D eigenvalue weighted by molar-refractivity contribution is 0.103. The molecular weight excluding hydrogens is 238 g/mol. The number of rotatable bonds is 8. The lowest BCUT2D eigenvalue weighted by atomic mass is 10.0. The van der Waals surface area contributed by atoms with Crippen LogP contribution in [0.15, 0.2) is 24.3 Å². The zero-order chi connectivity index (χ0) is 14.3. The average molecular weight is 265 g/mol. The van der Waals surface area contributed by atoms with Gasteiger partial charge in [0.1, 0.15) is 18.5 Å². The average Bonchev–Trinajstić information content (AvgIpc) is 2.42. The molecule has 0 fully saturated rings. The van der Waals surface area contributed by atoms with Gasteiger partial charge in [-0.25, -0.2) is 0 Å². The van der Waals surface area contributed by atoms with Crippen molar-refractivity contribution in [2.24, 2.45) is 0 Å². The number of hydrogen-bond acceptors (Lipinski definition) is 3. The van der Waals surface area contributed by atoms with Crippen molar-refractivity contribution in [2.75, 3.05) is 13.2 Å². The van der Waals surface area contributed by atoms with Gasteiger partial charge in [-0.2, -0.15) is 0 Å². The molecule has 0 heterocycles. The van der Waals surface area contributed by atoms with Crippen molar-refractivity contribution in [1.29, 1.82) is 0 Å². The molecule has 19 heavy (non-hydrogen) atoms. The van der Waals surface area contributed by atoms with E-state index in [1.54, 1.807) is 0 Å². The third-order valence-electron chi connectivity index (χ3n) is 3.29. The Labute approximate surface area is 117 Å². The molecule has 0 saturated carbocycles. The predicted molar refractivity (Wildman–Crippen MR) is 79.8 cm³/mol. The van der Waals surface area contributed by atoms with Gasteiger partial charge in [0, 0.05) is 12.6 Å². The van der Waals surface area contributed by atoms with E-state index in [-0.39, 0.29) is 0 Å². The first-order valence-electron chi connectivity index (χ1n) is 7.17. The maximum absolute atomic E-state index is 9.90. The van der Waals surface area contributed by atoms with Gasteiger partial charge in [-0.3, -0.25) is 0 Å². The van der Waals surface area contributed by atoms with E-state index < -0.39 is 6.10 Å². The van der Waals surface area contributed by atoms with Crippen LogP contribution in [-0.4, -0.2) is 30.4 Å². The molecule has 3 nitrogen and oxygen atoms in total. The Bertz CT molecular complexity index is 366. The summed E-state index contributed by atoms with van der Waals surface area (Å²) in [7, 11) is 0. The van der Waals surface area contributed by atoms with Crippen LogP contribution in [0.5, 0.6) is 5.75 Å². The molecule has 0 saturated heterocycles. The highest BCUT2D eigenvalue weighted by Crippen LogP contribution is 2.25. The summed E-state index contributed by atoms with van der Waals surface area (Å²) in [6, 6.07) is 8.44. The number of benzene rings is 1. The third-order valence-corrected chi connectivity index (χ3v) is 3.29. The van der Waals surface area contributed by atoms with Crippen LogP contribution in [-0.2, 0) is 0 Å². The van der Waals surface area contributed by atoms with Crippen molar-refractivity contribution in [3.05, 3.63) is 29.8 Å². The smallest absolute Gasteiger partial charge is 0.122 e. The van der Waals surface area contributed by atoms with E-state index in [1.165, 1.54) is 5.56 Å². The molecule has 1 aromatic rings. The highest BCUT2D eigenvalue weighted by molar-refractivity contribution is 5.35. The van der Waals surface area contributed by atoms with Crippen molar-refractivity contribution >= 4 is 0 Å². The largest absolute Gasteiger partial charge is 0.491 e. The summed E-state index contributed by atoms with van der Waals surface area (Å²) in [5, 5.41) is 13.2. The number of aliphatic hydroxyl groups is 1. The van der Waals surface area contributed by atoms with Gasteiger partial charge in [0.25, 0.3) is 0 Å². The van der Waals surface area contributed by atoms with Crippen LogP contribution < -0.4 is 10.1 Å². The fourth-order valence-electron chi connectivity index (χ4n) is 1.82. The Morgan fingerprint density at radius 2 is 1.89 bits per heavy atom. The van der Waals surface area contributed by atoms with Crippen LogP contribution >= 0.6 is 0 Å². The highest BCUT2D eigenvalue weighted by atomic mass is 16.5. The van der Waals surface area contributed by atoms with E-state index >= 15 is 0 Å². The monoisotopic (exact) mass is 265 g/mol. The number of ether oxygens (including phenoxy) is 1. The minimum Gasteiger partial charge on any atom is -0.491 e. The maximum atomic E-state index is 9.90. The summed E-state index contributed by atoms with van der Waals surface area (Å²) >= 11 is 0. The Hall–Kier alpha value is -1.06. The topological polar surface area (TPSA) is 41.5 Å². The Balaban J connectivity index is 2.44. The number of hydrogen-bond donors (Lipinski definition) is 2. The van der Waals surface area contributed by atoms with Gasteiger partial charge in [-0.05, 0) is 30.9 Å². The van der Waals surface area contributed by atoms with Crippen molar-refractivity contribution in [3.63, 3.8) is 0 Å². The standard InChI is InChI=1S/C16H27NO2/c1-5-13(4)17-10-14(18)11-19-16-9-7-6-8-15(16)12(2)3/h6-9,12-14,17-18H,5,10-11H2,1-4H3. The van der Waals surface area contributed by atoms with Gasteiger partial charge < -0.3 is 15.2 Å². The summed E-state index contributed by atoms with van der Waals surface area (Å²) < 4.78 is 5.74. The lowest BCUT2D eigenvalue weighted by Crippen LogP contribution is -2.36. The third kappa shape index (κ3) is 5.62. The quantitative estimate of drug-likeness (QED) is 0.759. The summed E-state index contributed by atoms with van der Waals surface area (Å²) in [5.74, 6) is 1.30. The van der Waals surface area contributed by atoms with Gasteiger partial charge in [0.2, 0.25) is 0 Å². The van der Waals surface area contributed by atoms with Gasteiger partial charge in [0.15, 0.2) is 0 Å². The summed E-state index contributed by atoms with van der Waals surface area (Å²) in [6.45, 7) is 9.42. The number of para-hydroxylation sites is 1. The first kappa shape index (κ1) is 16.0. The van der Waals surface area contributed by atoms with Crippen LogP contribution in [0.4, 0.5) is 0 Å². The van der Waals surface area contributed by atoms with E-state index in [4.69, 9.17) is 4.74 Å². The molecule has 0 radical (unpaired) electrons. The van der Waals surface area contributed by atoms with Crippen molar-refractivity contribution in [3.8, 4) is 5.75 Å². The van der Waals surface area contributed by atoms with Crippen molar-refractivity contribution in [2.45, 2.75) is 52.2 Å². The highest BCUT2D eigenvalue weighted by Gasteiger charge is 2.10. The Morgan fingerprint density at radius 1 is 1.21 bits per heavy atom. The Morgan fingerprint density at radius 3 is 2.53 bits per heavy atom. The summed E-state index contributed by atoms with van der Waals surface area (Å²) in [4.78, 5) is 0. The normalized spacial score (nSPS) is 14.4. The molecule has 1 rings (SSSR count). The fourth-order valence-corrected chi connectivity index (χ4v) is 1.82. The van der Waals surface area contributed by atoms with E-state index in [0.717, 1.165) is 12.2 Å². The van der Waals surface area contributed by atoms with Crippen molar-refractivity contribution in [1.82, 2.24) is 5.32 Å². The van der Waals surface area contributed by atoms with Crippen LogP contribution in [0.1, 0.15) is 45.6 Å². The first-order valence-corrected chi connectivity index (χ1v) is 7.17. The van der Waals surface area contributed by atoms with E-state index in [9.17, 15) is 5.11 Å². The second-order valence-corrected chi connectivity index (χ2v) is 5.37. The fraction of sp³-hybridized carbons (Fsp3) is 0.625. The molecule has 2 N–H and O–H groups in total.